The SMILES string of the molecule is C.C=C1N=C(C(C)(C)C)NO1.C=C1N=C(C(C)(C)C)NS1.C=C1N=C(C(C)(C)C)ON1.C=C1N=C(C(C)(C)C)SN1.C=C1NN=C(C(C)(C)C)O1.C=C1NN=C(C(C)(C)C)S1.CC(C)(C)C(=O)O.CC(C)(C)c1nn[nH]n1. The number of nitrogens with zero attached hydrogens (tertiary/aromatic N) is 9. The van der Waals surface area contributed by atoms with E-state index in [1.54, 1.807) is 44.5 Å². The molecule has 24 heteroatoms. The summed E-state index contributed by atoms with van der Waals surface area (Å²) in [5.74, 6) is 5.50. The monoisotopic (exact) mass is 1130 g/mol. The zero-order valence-corrected chi connectivity index (χ0v) is 52.5. The lowest BCUT2D eigenvalue weighted by Gasteiger charge is -2.16. The second-order valence-corrected chi connectivity index (χ2v) is 28.2. The van der Waals surface area contributed by atoms with E-state index in [9.17, 15) is 4.79 Å². The number of H-pyrrole nitrogens is 1. The van der Waals surface area contributed by atoms with Gasteiger partial charge in [-0.05, 0) is 33.9 Å². The van der Waals surface area contributed by atoms with Gasteiger partial charge in [0.05, 0.1) is 10.4 Å². The van der Waals surface area contributed by atoms with Crippen LogP contribution in [0.2, 0.25) is 0 Å². The van der Waals surface area contributed by atoms with Crippen LogP contribution in [0, 0.1) is 37.9 Å². The predicted molar refractivity (Wildman–Crippen MR) is 328 cm³/mol. The van der Waals surface area contributed by atoms with E-state index in [1.807, 2.05) is 62.3 Å². The van der Waals surface area contributed by atoms with Gasteiger partial charge in [0.2, 0.25) is 23.6 Å². The number of hydrogen-bond donors (Lipinski definition) is 8. The Bertz CT molecular complexity index is 2160. The summed E-state index contributed by atoms with van der Waals surface area (Å²) in [4.78, 5) is 36.5. The van der Waals surface area contributed by atoms with Crippen molar-refractivity contribution < 1.29 is 24.3 Å². The molecule has 0 aliphatic carbocycles. The highest BCUT2D eigenvalue weighted by molar-refractivity contribution is 8.17. The average Bonchev–Trinajstić information content (AvgIpc) is 4.07. The lowest BCUT2D eigenvalue weighted by Crippen LogP contribution is -2.30. The average molecular weight is 1130 g/mol. The minimum absolute atomic E-state index is 0. The first-order valence-electron chi connectivity index (χ1n) is 24.3. The molecule has 0 bridgehead atoms. The van der Waals surface area contributed by atoms with Crippen molar-refractivity contribution in [2.75, 3.05) is 0 Å². The summed E-state index contributed by atoms with van der Waals surface area (Å²) < 4.78 is 11.3. The Hall–Kier alpha value is -5.75. The molecule has 6 aliphatic heterocycles. The fraction of sp³-hybridized carbons (Fsp3) is 0.623. The van der Waals surface area contributed by atoms with Crippen molar-refractivity contribution in [3.05, 3.63) is 78.8 Å². The number of tetrazole rings is 1. The fourth-order valence-corrected chi connectivity index (χ4v) is 6.21. The normalized spacial score (nSPS) is 16.7. The third kappa shape index (κ3) is 30.7. The van der Waals surface area contributed by atoms with Crippen LogP contribution in [0.5, 0.6) is 0 Å². The van der Waals surface area contributed by atoms with Crippen LogP contribution in [0.1, 0.15) is 179 Å². The van der Waals surface area contributed by atoms with Crippen LogP contribution < -0.4 is 31.3 Å². The number of aliphatic carboxylic acids is 1. The smallest absolute Gasteiger partial charge is 0.308 e. The van der Waals surface area contributed by atoms with Gasteiger partial charge in [0, 0.05) is 61.8 Å². The highest BCUT2D eigenvalue weighted by atomic mass is 32.2. The molecule has 8 N–H and O–H groups in total. The highest BCUT2D eigenvalue weighted by Gasteiger charge is 2.29. The number of amidine groups is 2. The van der Waals surface area contributed by atoms with Crippen molar-refractivity contribution >= 4 is 75.2 Å². The number of aliphatic imine (C=N–C) groups is 4. The summed E-state index contributed by atoms with van der Waals surface area (Å²) in [5, 5.41) is 33.8. The van der Waals surface area contributed by atoms with Gasteiger partial charge in [-0.2, -0.15) is 20.3 Å². The predicted octanol–water partition coefficient (Wildman–Crippen LogP) is 13.0. The van der Waals surface area contributed by atoms with Gasteiger partial charge in [0.25, 0.3) is 0 Å². The van der Waals surface area contributed by atoms with Crippen molar-refractivity contribution in [1.29, 1.82) is 0 Å². The van der Waals surface area contributed by atoms with Crippen LogP contribution in [0.4, 0.5) is 0 Å². The van der Waals surface area contributed by atoms with Crippen LogP contribution >= 0.6 is 35.7 Å². The second-order valence-electron chi connectivity index (χ2n) is 25.4. The first kappa shape index (κ1) is 73.3. The van der Waals surface area contributed by atoms with Crippen molar-refractivity contribution in [2.24, 2.45) is 68.1 Å². The first-order chi connectivity index (χ1) is 34.0. The number of aromatic amines is 1. The van der Waals surface area contributed by atoms with Gasteiger partial charge in [0.15, 0.2) is 11.6 Å². The molecule has 0 aromatic carbocycles. The molecule has 0 radical (unpaired) electrons. The molecule has 7 heterocycles. The minimum Gasteiger partial charge on any atom is -0.481 e. The van der Waals surface area contributed by atoms with Gasteiger partial charge >= 0.3 is 5.97 Å². The summed E-state index contributed by atoms with van der Waals surface area (Å²) in [6.07, 6.45) is 0. The number of hydrogen-bond acceptors (Lipinski definition) is 22. The van der Waals surface area contributed by atoms with E-state index in [-0.39, 0.29) is 45.3 Å². The summed E-state index contributed by atoms with van der Waals surface area (Å²) >= 11 is 4.66. The van der Waals surface area contributed by atoms with Crippen LogP contribution in [0.3, 0.4) is 0 Å². The summed E-state index contributed by atoms with van der Waals surface area (Å²) in [6.45, 7) is 70.6. The highest BCUT2D eigenvalue weighted by Crippen LogP contribution is 2.32. The standard InChI is InChI=1S/3C7H12N2O.3C7H12N2S.C5H10N4.C5H10O2.CH4/c1-5-8-9-6(10-5)7(2,3)4;1-5-8-6(9-10-5)7(2,3)4;1-5-8-6(10-9-5)7(2,3)4;1-5-8-9-6(10-5)7(2,3)4;1-5-8-6(9-10-5)7(2,3)4;1-5-8-6(10-9-5)7(2,3)4;1-5(2,3)4-6-8-9-7-4;1-5(2,3)4(6)7;/h8H,1H2,2-4H3;1H2,2-4H3,(H,8,9);9H,1H2,2-4H3;8H,1H2,2-4H3;1H2,2-4H3,(H,8,9);9H,1H2,2-4H3;1-3H3,(H,6,7,8,9);1-3H3,(H,6,7);1H4. The third-order valence-electron chi connectivity index (χ3n) is 8.66. The van der Waals surface area contributed by atoms with Crippen LogP contribution in [-0.2, 0) is 24.6 Å². The van der Waals surface area contributed by atoms with Gasteiger partial charge in [-0.1, -0.05) is 196 Å². The maximum atomic E-state index is 10.0. The number of hydrazone groups is 2. The quantitative estimate of drug-likeness (QED) is 0.112. The molecule has 0 amide bonds. The largest absolute Gasteiger partial charge is 0.481 e. The number of thioether (sulfide) groups is 1. The van der Waals surface area contributed by atoms with Crippen molar-refractivity contribution in [2.45, 2.75) is 179 Å². The van der Waals surface area contributed by atoms with Gasteiger partial charge in [-0.25, -0.2) is 26.4 Å². The Balaban J connectivity index is 0. The second kappa shape index (κ2) is 29.8. The lowest BCUT2D eigenvalue weighted by molar-refractivity contribution is -0.145. The zero-order valence-electron chi connectivity index (χ0n) is 50.1. The van der Waals surface area contributed by atoms with E-state index >= 15 is 0 Å². The topological polar surface area (TPSA) is 266 Å². The maximum Gasteiger partial charge on any atom is 0.308 e. The number of aromatic nitrogens is 4. The Kier molecular flexibility index (Phi) is 28.4. The number of rotatable bonds is 0. The molecule has 1 aromatic rings. The van der Waals surface area contributed by atoms with Gasteiger partial charge in [0.1, 0.15) is 32.6 Å². The minimum atomic E-state index is -0.757. The summed E-state index contributed by atoms with van der Waals surface area (Å²) in [5.41, 5.74) is 10.5. The van der Waals surface area contributed by atoms with Gasteiger partial charge in [-0.3, -0.25) is 10.2 Å². The fourth-order valence-electron chi connectivity index (χ4n) is 4.06. The Labute approximate surface area is 475 Å². The summed E-state index contributed by atoms with van der Waals surface area (Å²) in [6, 6.07) is 0. The van der Waals surface area contributed by atoms with E-state index in [0.29, 0.717) is 29.4 Å². The molecule has 77 heavy (non-hydrogen) atoms. The molecule has 1 aromatic heterocycles. The lowest BCUT2D eigenvalue weighted by atomic mass is 9.95. The number of carboxylic acid groups (broad SMARTS) is 1. The van der Waals surface area contributed by atoms with E-state index in [1.165, 1.54) is 11.9 Å². The molecule has 436 valence electrons. The molecule has 21 nitrogen and oxygen atoms in total. The molecule has 6 aliphatic rings. The zero-order chi connectivity index (χ0) is 59.6. The van der Waals surface area contributed by atoms with Crippen LogP contribution in [0.25, 0.3) is 0 Å². The molecule has 0 spiro atoms. The molecule has 7 rings (SSSR count). The Morgan fingerprint density at radius 2 is 1.05 bits per heavy atom. The molecule has 0 atom stereocenters. The van der Waals surface area contributed by atoms with E-state index in [4.69, 9.17) is 19.5 Å². The van der Waals surface area contributed by atoms with Crippen molar-refractivity contribution in [3.63, 3.8) is 0 Å². The van der Waals surface area contributed by atoms with E-state index in [2.05, 4.69) is 205 Å². The Morgan fingerprint density at radius 3 is 1.23 bits per heavy atom. The number of nitrogens with one attached hydrogen (secondary N) is 7. The molecule has 0 saturated heterocycles. The molecular weight excluding hydrogens is 1040 g/mol. The van der Waals surface area contributed by atoms with E-state index < -0.39 is 11.4 Å². The van der Waals surface area contributed by atoms with Crippen LogP contribution in [0.15, 0.2) is 103 Å². The molecule has 0 fully saturated rings. The molecule has 0 saturated carbocycles. The number of carboxylic acids is 1. The molecule has 0 unspecified atom stereocenters. The van der Waals surface area contributed by atoms with E-state index in [0.717, 1.165) is 43.5 Å². The van der Waals surface area contributed by atoms with Crippen molar-refractivity contribution in [3.8, 4) is 0 Å². The van der Waals surface area contributed by atoms with Gasteiger partial charge < -0.3 is 29.0 Å². The number of carbonyl (C=O) groups is 1. The molecular formula is C53H96N16O5S3. The number of ether oxygens (including phenoxy) is 1. The maximum absolute atomic E-state index is 10.0. The van der Waals surface area contributed by atoms with Crippen LogP contribution in [-0.4, -0.2) is 65.3 Å². The first-order valence-corrected chi connectivity index (χ1v) is 26.7. The Morgan fingerprint density at radius 1 is 0.532 bits per heavy atom. The third-order valence-corrected chi connectivity index (χ3v) is 11.7. The van der Waals surface area contributed by atoms with Gasteiger partial charge in [-0.15, -0.1) is 15.3 Å². The van der Waals surface area contributed by atoms with Crippen molar-refractivity contribution in [1.82, 2.24) is 51.9 Å². The summed E-state index contributed by atoms with van der Waals surface area (Å²) in [7, 11) is 0. The number of hydroxylamine groups is 2.